The van der Waals surface area contributed by atoms with Gasteiger partial charge in [-0.3, -0.25) is 4.79 Å². The Labute approximate surface area is 101 Å². The van der Waals surface area contributed by atoms with E-state index in [9.17, 15) is 4.79 Å². The zero-order valence-corrected chi connectivity index (χ0v) is 10.3. The maximum Gasteiger partial charge on any atom is 0.327 e. The maximum absolute atomic E-state index is 11.2. The zero-order chi connectivity index (χ0) is 11.4. The van der Waals surface area contributed by atoms with Crippen LogP contribution >= 0.6 is 12.4 Å². The minimum Gasteiger partial charge on any atom is -0.496 e. The topological polar surface area (TPSA) is 61.5 Å². The van der Waals surface area contributed by atoms with E-state index in [0.29, 0.717) is 0 Å². The molecule has 0 aromatic heterocycles. The average molecular weight is 246 g/mol. The molecule has 1 rings (SSSR count). The van der Waals surface area contributed by atoms with Gasteiger partial charge in [0.15, 0.2) is 0 Å². The van der Waals surface area contributed by atoms with Crippen molar-refractivity contribution in [1.82, 2.24) is 0 Å². The number of aryl methyl sites for hydroxylation is 1. The highest BCUT2D eigenvalue weighted by Crippen LogP contribution is 2.21. The van der Waals surface area contributed by atoms with Crippen molar-refractivity contribution in [2.75, 3.05) is 14.2 Å². The molecule has 0 amide bonds. The second kappa shape index (κ2) is 6.35. The first-order valence-corrected chi connectivity index (χ1v) is 4.58. The lowest BCUT2D eigenvalue weighted by molar-refractivity contribution is -0.142. The Morgan fingerprint density at radius 3 is 2.44 bits per heavy atom. The van der Waals surface area contributed by atoms with Gasteiger partial charge < -0.3 is 15.2 Å². The summed E-state index contributed by atoms with van der Waals surface area (Å²) in [5, 5.41) is 0. The monoisotopic (exact) mass is 245 g/mol. The van der Waals surface area contributed by atoms with Gasteiger partial charge in [0.25, 0.3) is 0 Å². The Hall–Kier alpha value is -1.26. The lowest BCUT2D eigenvalue weighted by atomic mass is 10.0. The molecule has 0 saturated carbocycles. The molecule has 16 heavy (non-hydrogen) atoms. The molecule has 0 aliphatic heterocycles. The lowest BCUT2D eigenvalue weighted by Gasteiger charge is -2.11. The molecule has 0 spiro atoms. The van der Waals surface area contributed by atoms with Crippen LogP contribution < -0.4 is 10.5 Å². The average Bonchev–Trinajstić information content (AvgIpc) is 2.26. The number of halogens is 1. The van der Waals surface area contributed by atoms with E-state index in [1.54, 1.807) is 19.2 Å². The number of carbonyl (C=O) groups is 1. The molecule has 0 radical (unpaired) electrons. The van der Waals surface area contributed by atoms with Crippen LogP contribution in [-0.2, 0) is 9.53 Å². The molecule has 1 atom stereocenters. The fourth-order valence-electron chi connectivity index (χ4n) is 1.36. The third-order valence-electron chi connectivity index (χ3n) is 2.23. The van der Waals surface area contributed by atoms with Gasteiger partial charge in [-0.15, -0.1) is 12.4 Å². The van der Waals surface area contributed by atoms with Crippen molar-refractivity contribution in [2.24, 2.45) is 5.73 Å². The summed E-state index contributed by atoms with van der Waals surface area (Å²) in [5.41, 5.74) is 7.36. The van der Waals surface area contributed by atoms with E-state index in [1.165, 1.54) is 7.11 Å². The van der Waals surface area contributed by atoms with E-state index in [-0.39, 0.29) is 12.4 Å². The summed E-state index contributed by atoms with van der Waals surface area (Å²) in [6.45, 7) is 1.90. The van der Waals surface area contributed by atoms with Gasteiger partial charge in [-0.2, -0.15) is 0 Å². The summed E-state index contributed by atoms with van der Waals surface area (Å²) in [4.78, 5) is 11.2. The smallest absolute Gasteiger partial charge is 0.327 e. The van der Waals surface area contributed by atoms with Crippen LogP contribution in [0.25, 0.3) is 0 Å². The predicted molar refractivity (Wildman–Crippen MR) is 63.9 cm³/mol. The van der Waals surface area contributed by atoms with Crippen molar-refractivity contribution in [3.8, 4) is 5.75 Å². The molecule has 0 aliphatic carbocycles. The van der Waals surface area contributed by atoms with E-state index in [2.05, 4.69) is 4.74 Å². The number of benzene rings is 1. The minimum atomic E-state index is -0.736. The van der Waals surface area contributed by atoms with Gasteiger partial charge in [0.1, 0.15) is 11.8 Å². The fraction of sp³-hybridized carbons (Fsp3) is 0.364. The fourth-order valence-corrected chi connectivity index (χ4v) is 1.36. The molecular weight excluding hydrogens is 230 g/mol. The van der Waals surface area contributed by atoms with Gasteiger partial charge in [0.2, 0.25) is 0 Å². The SMILES string of the molecule is COC(=O)[C@@H](N)c1ccc(OC)c(C)c1.Cl. The molecule has 1 aromatic rings. The summed E-state index contributed by atoms with van der Waals surface area (Å²) in [5.74, 6) is 0.329. The normalized spacial score (nSPS) is 11.2. The minimum absolute atomic E-state index is 0. The Morgan fingerprint density at radius 1 is 1.38 bits per heavy atom. The summed E-state index contributed by atoms with van der Waals surface area (Å²) < 4.78 is 9.68. The number of esters is 1. The summed E-state index contributed by atoms with van der Waals surface area (Å²) >= 11 is 0. The van der Waals surface area contributed by atoms with Crippen LogP contribution in [-0.4, -0.2) is 20.2 Å². The molecule has 1 aromatic carbocycles. The second-order valence-electron chi connectivity index (χ2n) is 3.23. The largest absolute Gasteiger partial charge is 0.496 e. The molecule has 0 bridgehead atoms. The van der Waals surface area contributed by atoms with Crippen LogP contribution in [0.3, 0.4) is 0 Å². The third kappa shape index (κ3) is 3.12. The molecule has 0 fully saturated rings. The Balaban J connectivity index is 0.00000225. The number of carbonyl (C=O) groups excluding carboxylic acids is 1. The van der Waals surface area contributed by atoms with Crippen LogP contribution in [0.4, 0.5) is 0 Å². The van der Waals surface area contributed by atoms with Crippen LogP contribution in [0.5, 0.6) is 5.75 Å². The third-order valence-corrected chi connectivity index (χ3v) is 2.23. The molecule has 4 nitrogen and oxygen atoms in total. The summed E-state index contributed by atoms with van der Waals surface area (Å²) in [6.07, 6.45) is 0. The number of rotatable bonds is 3. The van der Waals surface area contributed by atoms with E-state index in [1.807, 2.05) is 13.0 Å². The Bertz CT molecular complexity index is 368. The predicted octanol–water partition coefficient (Wildman–Crippen LogP) is 1.60. The highest BCUT2D eigenvalue weighted by atomic mass is 35.5. The number of hydrogen-bond acceptors (Lipinski definition) is 4. The molecule has 0 saturated heterocycles. The van der Waals surface area contributed by atoms with E-state index in [4.69, 9.17) is 10.5 Å². The second-order valence-corrected chi connectivity index (χ2v) is 3.23. The van der Waals surface area contributed by atoms with Crippen LogP contribution in [0.2, 0.25) is 0 Å². The molecule has 0 aliphatic rings. The van der Waals surface area contributed by atoms with Crippen molar-refractivity contribution in [1.29, 1.82) is 0 Å². The first-order valence-electron chi connectivity index (χ1n) is 4.58. The zero-order valence-electron chi connectivity index (χ0n) is 9.52. The number of methoxy groups -OCH3 is 2. The van der Waals surface area contributed by atoms with Gasteiger partial charge in [0, 0.05) is 0 Å². The van der Waals surface area contributed by atoms with Crippen molar-refractivity contribution in [2.45, 2.75) is 13.0 Å². The summed E-state index contributed by atoms with van der Waals surface area (Å²) in [6, 6.07) is 4.63. The van der Waals surface area contributed by atoms with Crippen LogP contribution in [0.1, 0.15) is 17.2 Å². The van der Waals surface area contributed by atoms with Gasteiger partial charge in [-0.25, -0.2) is 0 Å². The summed E-state index contributed by atoms with van der Waals surface area (Å²) in [7, 11) is 2.92. The number of ether oxygens (including phenoxy) is 2. The van der Waals surface area contributed by atoms with Gasteiger partial charge in [-0.05, 0) is 24.1 Å². The van der Waals surface area contributed by atoms with Gasteiger partial charge >= 0.3 is 5.97 Å². The standard InChI is InChI=1S/C11H15NO3.ClH/c1-7-6-8(4-5-9(7)14-2)10(12)11(13)15-3;/h4-6,10H,12H2,1-3H3;1H/t10-;/m0./s1. The van der Waals surface area contributed by atoms with E-state index < -0.39 is 12.0 Å². The van der Waals surface area contributed by atoms with Crippen molar-refractivity contribution in [3.63, 3.8) is 0 Å². The van der Waals surface area contributed by atoms with Crippen molar-refractivity contribution < 1.29 is 14.3 Å². The highest BCUT2D eigenvalue weighted by Gasteiger charge is 2.16. The van der Waals surface area contributed by atoms with E-state index in [0.717, 1.165) is 16.9 Å². The molecule has 0 unspecified atom stereocenters. The van der Waals surface area contributed by atoms with Gasteiger partial charge in [0.05, 0.1) is 14.2 Å². The first-order chi connectivity index (χ1) is 7.10. The lowest BCUT2D eigenvalue weighted by Crippen LogP contribution is -2.22. The van der Waals surface area contributed by atoms with Crippen molar-refractivity contribution in [3.05, 3.63) is 29.3 Å². The van der Waals surface area contributed by atoms with Crippen LogP contribution in [0.15, 0.2) is 18.2 Å². The Kier molecular flexibility index (Phi) is 5.85. The maximum atomic E-state index is 11.2. The molecule has 2 N–H and O–H groups in total. The number of hydrogen-bond donors (Lipinski definition) is 1. The molecule has 90 valence electrons. The Morgan fingerprint density at radius 2 is 2.00 bits per heavy atom. The quantitative estimate of drug-likeness (QED) is 0.822. The molecule has 5 heteroatoms. The highest BCUT2D eigenvalue weighted by molar-refractivity contribution is 5.85. The number of nitrogens with two attached hydrogens (primary N) is 1. The molecular formula is C11H16ClNO3. The van der Waals surface area contributed by atoms with Crippen LogP contribution in [0, 0.1) is 6.92 Å². The first kappa shape index (κ1) is 14.7. The van der Waals surface area contributed by atoms with E-state index >= 15 is 0 Å². The van der Waals surface area contributed by atoms with Crippen molar-refractivity contribution >= 4 is 18.4 Å². The van der Waals surface area contributed by atoms with Gasteiger partial charge in [-0.1, -0.05) is 12.1 Å². The molecule has 0 heterocycles.